The lowest BCUT2D eigenvalue weighted by molar-refractivity contribution is 0.355. The van der Waals surface area contributed by atoms with Gasteiger partial charge in [-0.3, -0.25) is 0 Å². The van der Waals surface area contributed by atoms with E-state index in [1.807, 2.05) is 18.2 Å². The fraction of sp³-hybridized carbons (Fsp3) is 0.143. The second kappa shape index (κ2) is 5.71. The molecule has 0 amide bonds. The number of methoxy groups -OCH3 is 2. The minimum absolute atomic E-state index is 0.565. The Hall–Kier alpha value is -2.07. The third kappa shape index (κ3) is 2.85. The number of nitrogen functional groups attached to an aromatic ring is 1. The van der Waals surface area contributed by atoms with Gasteiger partial charge in [0.05, 0.1) is 30.6 Å². The quantitative estimate of drug-likeness (QED) is 0.838. The highest BCUT2D eigenvalue weighted by Crippen LogP contribution is 2.34. The van der Waals surface area contributed by atoms with Crippen molar-refractivity contribution in [2.24, 2.45) is 0 Å². The van der Waals surface area contributed by atoms with Gasteiger partial charge in [0.2, 0.25) is 0 Å². The number of hydrogen-bond acceptors (Lipinski definition) is 4. The molecule has 0 saturated heterocycles. The molecule has 0 bridgehead atoms. The van der Waals surface area contributed by atoms with E-state index in [1.165, 1.54) is 0 Å². The molecule has 0 aliphatic heterocycles. The molecule has 0 saturated carbocycles. The minimum atomic E-state index is 0.565. The summed E-state index contributed by atoms with van der Waals surface area (Å²) in [5.74, 6) is 1.30. The van der Waals surface area contributed by atoms with Gasteiger partial charge in [0.1, 0.15) is 0 Å². The highest BCUT2D eigenvalue weighted by atomic mass is 35.5. The van der Waals surface area contributed by atoms with Gasteiger partial charge in [0.15, 0.2) is 11.5 Å². The van der Waals surface area contributed by atoms with Crippen molar-refractivity contribution < 1.29 is 9.47 Å². The molecule has 5 heteroatoms. The van der Waals surface area contributed by atoms with Crippen LogP contribution in [0.4, 0.5) is 17.1 Å². The maximum Gasteiger partial charge on any atom is 0.162 e. The lowest BCUT2D eigenvalue weighted by atomic mass is 10.2. The number of nitrogens with one attached hydrogen (secondary N) is 1. The molecule has 2 aromatic rings. The Morgan fingerprint density at radius 1 is 1.05 bits per heavy atom. The van der Waals surface area contributed by atoms with Crippen molar-refractivity contribution in [1.29, 1.82) is 0 Å². The van der Waals surface area contributed by atoms with Crippen LogP contribution in [0.2, 0.25) is 5.02 Å². The van der Waals surface area contributed by atoms with E-state index < -0.39 is 0 Å². The molecule has 0 aliphatic carbocycles. The largest absolute Gasteiger partial charge is 0.493 e. The highest BCUT2D eigenvalue weighted by molar-refractivity contribution is 6.34. The number of halogens is 1. The van der Waals surface area contributed by atoms with E-state index in [0.29, 0.717) is 27.9 Å². The molecule has 100 valence electrons. The topological polar surface area (TPSA) is 56.5 Å². The van der Waals surface area contributed by atoms with Gasteiger partial charge in [0.25, 0.3) is 0 Å². The van der Waals surface area contributed by atoms with Crippen LogP contribution in [0.3, 0.4) is 0 Å². The summed E-state index contributed by atoms with van der Waals surface area (Å²) in [6.07, 6.45) is 0. The summed E-state index contributed by atoms with van der Waals surface area (Å²) in [6.45, 7) is 0. The van der Waals surface area contributed by atoms with Crippen LogP contribution in [0.15, 0.2) is 36.4 Å². The van der Waals surface area contributed by atoms with Crippen molar-refractivity contribution >= 4 is 28.7 Å². The Morgan fingerprint density at radius 2 is 1.79 bits per heavy atom. The maximum absolute atomic E-state index is 6.11. The zero-order chi connectivity index (χ0) is 13.8. The van der Waals surface area contributed by atoms with Crippen LogP contribution in [-0.2, 0) is 0 Å². The van der Waals surface area contributed by atoms with Crippen LogP contribution in [-0.4, -0.2) is 14.2 Å². The van der Waals surface area contributed by atoms with Crippen molar-refractivity contribution in [3.8, 4) is 11.5 Å². The molecule has 0 radical (unpaired) electrons. The standard InChI is InChI=1S/C14H15ClN2O2/c1-18-12-7-6-9(8-13(12)19-2)17-14-10(15)4-3-5-11(14)16/h3-8,17H,16H2,1-2H3. The first kappa shape index (κ1) is 13.4. The Labute approximate surface area is 117 Å². The van der Waals surface area contributed by atoms with Crippen LogP contribution in [0.25, 0.3) is 0 Å². The molecule has 2 aromatic carbocycles. The summed E-state index contributed by atoms with van der Waals surface area (Å²) in [6, 6.07) is 10.9. The van der Waals surface area contributed by atoms with Crippen molar-refractivity contribution in [2.45, 2.75) is 0 Å². The summed E-state index contributed by atoms with van der Waals surface area (Å²) in [7, 11) is 3.18. The number of benzene rings is 2. The number of rotatable bonds is 4. The molecule has 0 unspecified atom stereocenters. The molecule has 3 N–H and O–H groups in total. The second-order valence-electron chi connectivity index (χ2n) is 3.90. The number of anilines is 3. The van der Waals surface area contributed by atoms with E-state index in [0.717, 1.165) is 5.69 Å². The van der Waals surface area contributed by atoms with Crippen LogP contribution in [0.1, 0.15) is 0 Å². The van der Waals surface area contributed by atoms with Gasteiger partial charge in [-0.05, 0) is 24.3 Å². The molecule has 0 fully saturated rings. The lowest BCUT2D eigenvalue weighted by Gasteiger charge is -2.13. The molecule has 0 atom stereocenters. The first-order valence-corrected chi connectivity index (χ1v) is 6.06. The van der Waals surface area contributed by atoms with E-state index in [-0.39, 0.29) is 0 Å². The van der Waals surface area contributed by atoms with Gasteiger partial charge >= 0.3 is 0 Å². The van der Waals surface area contributed by atoms with E-state index in [1.54, 1.807) is 32.4 Å². The first-order chi connectivity index (χ1) is 9.15. The monoisotopic (exact) mass is 278 g/mol. The maximum atomic E-state index is 6.11. The zero-order valence-corrected chi connectivity index (χ0v) is 11.5. The number of nitrogens with two attached hydrogens (primary N) is 1. The average Bonchev–Trinajstić information content (AvgIpc) is 2.42. The van der Waals surface area contributed by atoms with Crippen molar-refractivity contribution in [3.05, 3.63) is 41.4 Å². The van der Waals surface area contributed by atoms with E-state index in [2.05, 4.69) is 5.32 Å². The molecular weight excluding hydrogens is 264 g/mol. The van der Waals surface area contributed by atoms with Gasteiger partial charge in [-0.2, -0.15) is 0 Å². The summed E-state index contributed by atoms with van der Waals surface area (Å²) in [5, 5.41) is 3.74. The van der Waals surface area contributed by atoms with Crippen LogP contribution in [0, 0.1) is 0 Å². The summed E-state index contributed by atoms with van der Waals surface area (Å²) >= 11 is 6.11. The van der Waals surface area contributed by atoms with Gasteiger partial charge in [-0.15, -0.1) is 0 Å². The molecule has 0 heterocycles. The van der Waals surface area contributed by atoms with Crippen LogP contribution >= 0.6 is 11.6 Å². The average molecular weight is 279 g/mol. The predicted molar refractivity (Wildman–Crippen MR) is 78.7 cm³/mol. The molecule has 0 aromatic heterocycles. The smallest absolute Gasteiger partial charge is 0.162 e. The number of para-hydroxylation sites is 1. The third-order valence-electron chi connectivity index (χ3n) is 2.70. The molecule has 0 spiro atoms. The summed E-state index contributed by atoms with van der Waals surface area (Å²) in [4.78, 5) is 0. The molecule has 19 heavy (non-hydrogen) atoms. The van der Waals surface area contributed by atoms with Gasteiger partial charge in [-0.1, -0.05) is 17.7 Å². The second-order valence-corrected chi connectivity index (χ2v) is 4.31. The fourth-order valence-electron chi connectivity index (χ4n) is 1.73. The van der Waals surface area contributed by atoms with Crippen molar-refractivity contribution in [2.75, 3.05) is 25.3 Å². The van der Waals surface area contributed by atoms with E-state index in [9.17, 15) is 0 Å². The normalized spacial score (nSPS) is 10.1. The van der Waals surface area contributed by atoms with E-state index >= 15 is 0 Å². The molecule has 0 aliphatic rings. The predicted octanol–water partition coefficient (Wildman–Crippen LogP) is 3.68. The highest BCUT2D eigenvalue weighted by Gasteiger charge is 2.08. The Balaban J connectivity index is 2.33. The van der Waals surface area contributed by atoms with Crippen LogP contribution < -0.4 is 20.5 Å². The molecular formula is C14H15ClN2O2. The molecule has 2 rings (SSSR count). The lowest BCUT2D eigenvalue weighted by Crippen LogP contribution is -1.98. The SMILES string of the molecule is COc1ccc(Nc2c(N)cccc2Cl)cc1OC. The Bertz CT molecular complexity index is 567. The Kier molecular flexibility index (Phi) is 4.02. The van der Waals surface area contributed by atoms with Crippen LogP contribution in [0.5, 0.6) is 11.5 Å². The third-order valence-corrected chi connectivity index (χ3v) is 3.01. The minimum Gasteiger partial charge on any atom is -0.493 e. The van der Waals surface area contributed by atoms with E-state index in [4.69, 9.17) is 26.8 Å². The van der Waals surface area contributed by atoms with Gasteiger partial charge in [-0.25, -0.2) is 0 Å². The van der Waals surface area contributed by atoms with Crippen molar-refractivity contribution in [3.63, 3.8) is 0 Å². The number of ether oxygens (including phenoxy) is 2. The van der Waals surface area contributed by atoms with Crippen molar-refractivity contribution in [1.82, 2.24) is 0 Å². The fourth-order valence-corrected chi connectivity index (χ4v) is 1.96. The Morgan fingerprint density at radius 3 is 2.42 bits per heavy atom. The molecule has 4 nitrogen and oxygen atoms in total. The first-order valence-electron chi connectivity index (χ1n) is 5.68. The van der Waals surface area contributed by atoms with Gasteiger partial charge in [0, 0.05) is 11.8 Å². The van der Waals surface area contributed by atoms with Gasteiger partial charge < -0.3 is 20.5 Å². The number of hydrogen-bond donors (Lipinski definition) is 2. The summed E-state index contributed by atoms with van der Waals surface area (Å²) in [5.41, 5.74) is 7.97. The zero-order valence-electron chi connectivity index (χ0n) is 10.7. The summed E-state index contributed by atoms with van der Waals surface area (Å²) < 4.78 is 10.4.